The topological polar surface area (TPSA) is 30.0 Å². The van der Waals surface area contributed by atoms with E-state index in [1.165, 1.54) is 48.2 Å². The van der Waals surface area contributed by atoms with E-state index in [1.807, 2.05) is 0 Å². The van der Waals surface area contributed by atoms with Crippen molar-refractivity contribution >= 4 is 0 Å². The van der Waals surface area contributed by atoms with Crippen molar-refractivity contribution in [3.05, 3.63) is 59.7 Å². The number of aryl methyl sites for hydroxylation is 1. The molecule has 162 valence electrons. The van der Waals surface area contributed by atoms with Gasteiger partial charge in [0.1, 0.15) is 0 Å². The zero-order chi connectivity index (χ0) is 20.9. The third-order valence-corrected chi connectivity index (χ3v) is 7.02. The molecule has 4 nitrogen and oxygen atoms in total. The Balaban J connectivity index is 1.42. The highest BCUT2D eigenvalue weighted by Gasteiger charge is 2.33. The Morgan fingerprint density at radius 2 is 1.77 bits per heavy atom. The van der Waals surface area contributed by atoms with Gasteiger partial charge in [-0.1, -0.05) is 42.5 Å². The Bertz CT molecular complexity index is 815. The maximum absolute atomic E-state index is 9.69. The number of hydrogen-bond donors (Lipinski definition) is 1. The number of hydrogen-bond acceptors (Lipinski definition) is 4. The molecule has 0 aliphatic carbocycles. The fourth-order valence-electron chi connectivity index (χ4n) is 5.28. The van der Waals surface area contributed by atoms with Crippen molar-refractivity contribution in [3.8, 4) is 11.1 Å². The maximum atomic E-state index is 9.69. The summed E-state index contributed by atoms with van der Waals surface area (Å²) in [6, 6.07) is 18.8. The van der Waals surface area contributed by atoms with Crippen molar-refractivity contribution in [2.45, 2.75) is 44.8 Å². The average molecular weight is 408 g/mol. The zero-order valence-electron chi connectivity index (χ0n) is 18.6. The molecule has 0 saturated carbocycles. The van der Waals surface area contributed by atoms with Crippen LogP contribution in [0.25, 0.3) is 11.1 Å². The second-order valence-corrected chi connectivity index (χ2v) is 9.19. The van der Waals surface area contributed by atoms with E-state index in [0.717, 1.165) is 32.6 Å². The van der Waals surface area contributed by atoms with E-state index in [9.17, 15) is 5.11 Å². The molecule has 2 fully saturated rings. The van der Waals surface area contributed by atoms with Gasteiger partial charge in [-0.3, -0.25) is 9.80 Å². The molecule has 2 saturated heterocycles. The van der Waals surface area contributed by atoms with Crippen LogP contribution >= 0.6 is 0 Å². The molecule has 30 heavy (non-hydrogen) atoms. The van der Waals surface area contributed by atoms with Crippen molar-refractivity contribution < 1.29 is 5.11 Å². The minimum Gasteiger partial charge on any atom is -0.396 e. The van der Waals surface area contributed by atoms with Crippen LogP contribution in [0, 0.1) is 6.92 Å². The first-order valence-corrected chi connectivity index (χ1v) is 11.6. The first-order chi connectivity index (χ1) is 14.6. The molecule has 2 aliphatic heterocycles. The number of piperidine rings is 1. The first-order valence-electron chi connectivity index (χ1n) is 11.6. The number of aliphatic hydroxyl groups excluding tert-OH is 1. The Hall–Kier alpha value is -1.72. The van der Waals surface area contributed by atoms with Crippen LogP contribution in [0.2, 0.25) is 0 Å². The van der Waals surface area contributed by atoms with Gasteiger partial charge in [0, 0.05) is 44.9 Å². The van der Waals surface area contributed by atoms with Gasteiger partial charge in [-0.2, -0.15) is 0 Å². The molecule has 1 N–H and O–H groups in total. The number of rotatable bonds is 6. The molecular formula is C26H37N3O. The van der Waals surface area contributed by atoms with Crippen LogP contribution in [0.5, 0.6) is 0 Å². The summed E-state index contributed by atoms with van der Waals surface area (Å²) in [7, 11) is 2.23. The van der Waals surface area contributed by atoms with E-state index in [2.05, 4.69) is 77.2 Å². The summed E-state index contributed by atoms with van der Waals surface area (Å²) in [6.07, 6.45) is 3.40. The van der Waals surface area contributed by atoms with Gasteiger partial charge in [0.05, 0.1) is 0 Å². The van der Waals surface area contributed by atoms with Crippen LogP contribution < -0.4 is 0 Å². The van der Waals surface area contributed by atoms with E-state index in [0.29, 0.717) is 12.1 Å². The fourth-order valence-corrected chi connectivity index (χ4v) is 5.28. The summed E-state index contributed by atoms with van der Waals surface area (Å²) in [6.45, 7) is 9.14. The highest BCUT2D eigenvalue weighted by Crippen LogP contribution is 2.26. The number of aliphatic hydroxyl groups is 1. The summed E-state index contributed by atoms with van der Waals surface area (Å²) in [5.74, 6) is 0. The van der Waals surface area contributed by atoms with Gasteiger partial charge in [-0.05, 0) is 74.6 Å². The molecule has 2 aliphatic rings. The minimum atomic E-state index is 0.282. The molecule has 2 aromatic carbocycles. The molecule has 1 atom stereocenters. The normalized spacial score (nSPS) is 22.4. The summed E-state index contributed by atoms with van der Waals surface area (Å²) in [4.78, 5) is 7.74. The van der Waals surface area contributed by atoms with E-state index >= 15 is 0 Å². The second kappa shape index (κ2) is 10.1. The standard InChI is InChI=1S/C26H37N3O/c1-21-6-3-4-9-26(21)23-8-5-7-22(18-23)19-28-15-16-29(25(20-28)12-17-30)24-10-13-27(2)14-11-24/h3-9,18,24-25,30H,10-17,19-20H2,1-2H3. The predicted molar refractivity (Wildman–Crippen MR) is 125 cm³/mol. The van der Waals surface area contributed by atoms with Crippen LogP contribution in [0.4, 0.5) is 0 Å². The molecule has 2 aromatic rings. The quantitative estimate of drug-likeness (QED) is 0.792. The monoisotopic (exact) mass is 407 g/mol. The lowest BCUT2D eigenvalue weighted by atomic mass is 9.97. The molecule has 0 amide bonds. The second-order valence-electron chi connectivity index (χ2n) is 9.19. The number of nitrogens with zero attached hydrogens (tertiary/aromatic N) is 3. The maximum Gasteiger partial charge on any atom is 0.0446 e. The molecule has 0 bridgehead atoms. The van der Waals surface area contributed by atoms with E-state index in [4.69, 9.17) is 0 Å². The molecule has 1 unspecified atom stereocenters. The van der Waals surface area contributed by atoms with Gasteiger partial charge in [0.2, 0.25) is 0 Å². The zero-order valence-corrected chi connectivity index (χ0v) is 18.6. The van der Waals surface area contributed by atoms with Crippen LogP contribution in [-0.2, 0) is 6.54 Å². The Morgan fingerprint density at radius 3 is 2.53 bits per heavy atom. The van der Waals surface area contributed by atoms with Crippen molar-refractivity contribution in [2.24, 2.45) is 0 Å². The van der Waals surface area contributed by atoms with Gasteiger partial charge in [0.25, 0.3) is 0 Å². The lowest BCUT2D eigenvalue weighted by molar-refractivity contribution is 0.00600. The van der Waals surface area contributed by atoms with Crippen molar-refractivity contribution in [3.63, 3.8) is 0 Å². The van der Waals surface area contributed by atoms with E-state index in [1.54, 1.807) is 0 Å². The predicted octanol–water partition coefficient (Wildman–Crippen LogP) is 3.62. The molecule has 4 rings (SSSR count). The van der Waals surface area contributed by atoms with Gasteiger partial charge in [-0.15, -0.1) is 0 Å². The molecule has 0 spiro atoms. The molecule has 2 heterocycles. The Kier molecular flexibility index (Phi) is 7.21. The Labute approximate surface area is 182 Å². The molecule has 0 aromatic heterocycles. The van der Waals surface area contributed by atoms with Crippen molar-refractivity contribution in [1.82, 2.24) is 14.7 Å². The van der Waals surface area contributed by atoms with Crippen molar-refractivity contribution in [1.29, 1.82) is 0 Å². The summed E-state index contributed by atoms with van der Waals surface area (Å²) in [5.41, 5.74) is 5.34. The largest absolute Gasteiger partial charge is 0.396 e. The fraction of sp³-hybridized carbons (Fsp3) is 0.538. The SMILES string of the molecule is Cc1ccccc1-c1cccc(CN2CCN(C3CCN(C)CC3)C(CCO)C2)c1. The van der Waals surface area contributed by atoms with Gasteiger partial charge < -0.3 is 10.0 Å². The number of likely N-dealkylation sites (tertiary alicyclic amines) is 1. The molecular weight excluding hydrogens is 370 g/mol. The van der Waals surface area contributed by atoms with Gasteiger partial charge in [0.15, 0.2) is 0 Å². The third kappa shape index (κ3) is 5.12. The molecule has 4 heteroatoms. The van der Waals surface area contributed by atoms with E-state index < -0.39 is 0 Å². The smallest absolute Gasteiger partial charge is 0.0446 e. The average Bonchev–Trinajstić information content (AvgIpc) is 2.76. The minimum absolute atomic E-state index is 0.282. The van der Waals surface area contributed by atoms with Crippen molar-refractivity contribution in [2.75, 3.05) is 46.4 Å². The van der Waals surface area contributed by atoms with Gasteiger partial charge in [-0.25, -0.2) is 0 Å². The molecule has 0 radical (unpaired) electrons. The summed E-state index contributed by atoms with van der Waals surface area (Å²) < 4.78 is 0. The number of piperazine rings is 1. The van der Waals surface area contributed by atoms with E-state index in [-0.39, 0.29) is 6.61 Å². The third-order valence-electron chi connectivity index (χ3n) is 7.02. The lowest BCUT2D eigenvalue weighted by Gasteiger charge is -2.47. The highest BCUT2D eigenvalue weighted by molar-refractivity contribution is 5.67. The van der Waals surface area contributed by atoms with Crippen LogP contribution in [0.1, 0.15) is 30.4 Å². The Morgan fingerprint density at radius 1 is 0.967 bits per heavy atom. The van der Waals surface area contributed by atoms with Gasteiger partial charge >= 0.3 is 0 Å². The first kappa shape index (κ1) is 21.5. The lowest BCUT2D eigenvalue weighted by Crippen LogP contribution is -2.58. The van der Waals surface area contributed by atoms with Crippen LogP contribution in [-0.4, -0.2) is 78.3 Å². The van der Waals surface area contributed by atoms with Crippen LogP contribution in [0.15, 0.2) is 48.5 Å². The highest BCUT2D eigenvalue weighted by atomic mass is 16.3. The summed E-state index contributed by atoms with van der Waals surface area (Å²) >= 11 is 0. The summed E-state index contributed by atoms with van der Waals surface area (Å²) in [5, 5.41) is 9.69. The van der Waals surface area contributed by atoms with Crippen LogP contribution in [0.3, 0.4) is 0 Å². The number of benzene rings is 2.